The lowest BCUT2D eigenvalue weighted by Crippen LogP contribution is -2.34. The molecule has 5 nitrogen and oxygen atoms in total. The highest BCUT2D eigenvalue weighted by Crippen LogP contribution is 2.35. The van der Waals surface area contributed by atoms with Crippen LogP contribution in [0.3, 0.4) is 0 Å². The zero-order valence-corrected chi connectivity index (χ0v) is 14.0. The molecule has 0 spiro atoms. The molecule has 0 bridgehead atoms. The zero-order chi connectivity index (χ0) is 16.6. The van der Waals surface area contributed by atoms with E-state index in [1.165, 1.54) is 0 Å². The summed E-state index contributed by atoms with van der Waals surface area (Å²) in [6.07, 6.45) is 1.70. The molecule has 1 fully saturated rings. The van der Waals surface area contributed by atoms with Crippen LogP contribution in [0.25, 0.3) is 10.2 Å². The average molecular weight is 332 g/mol. The first-order chi connectivity index (χ1) is 11.0. The van der Waals surface area contributed by atoms with Gasteiger partial charge in [-0.05, 0) is 38.3 Å². The van der Waals surface area contributed by atoms with Crippen LogP contribution in [0.4, 0.5) is 0 Å². The van der Waals surface area contributed by atoms with Crippen LogP contribution in [0.15, 0.2) is 24.3 Å². The molecule has 1 aromatic carbocycles. The number of fused-ring (bicyclic) bond motifs is 1. The van der Waals surface area contributed by atoms with Crippen molar-refractivity contribution >= 4 is 33.4 Å². The maximum absolute atomic E-state index is 12.7. The van der Waals surface area contributed by atoms with Crippen LogP contribution < -0.4 is 0 Å². The summed E-state index contributed by atoms with van der Waals surface area (Å²) in [6.45, 7) is 1.97. The summed E-state index contributed by atoms with van der Waals surface area (Å²) >= 11 is 1.60. The Balaban J connectivity index is 1.72. The fourth-order valence-corrected chi connectivity index (χ4v) is 4.21. The Hall–Kier alpha value is -1.95. The lowest BCUT2D eigenvalue weighted by Gasteiger charge is -2.26. The second-order valence-electron chi connectivity index (χ2n) is 6.19. The van der Waals surface area contributed by atoms with E-state index in [1.807, 2.05) is 31.2 Å². The molecule has 23 heavy (non-hydrogen) atoms. The molecule has 3 rings (SSSR count). The molecular formula is C17H20N2O3S. The Kier molecular flexibility index (Phi) is 4.35. The van der Waals surface area contributed by atoms with Crippen molar-refractivity contribution in [3.05, 3.63) is 29.3 Å². The molecule has 6 heteroatoms. The quantitative estimate of drug-likeness (QED) is 0.932. The summed E-state index contributed by atoms with van der Waals surface area (Å²) in [4.78, 5) is 30.0. The molecule has 3 atom stereocenters. The maximum Gasteiger partial charge on any atom is 0.306 e. The molecular weight excluding hydrogens is 312 g/mol. The number of para-hydroxylation sites is 1. The van der Waals surface area contributed by atoms with Gasteiger partial charge >= 0.3 is 5.97 Å². The van der Waals surface area contributed by atoms with E-state index < -0.39 is 5.97 Å². The molecule has 0 saturated heterocycles. The fraction of sp³-hybridized carbons (Fsp3) is 0.471. The van der Waals surface area contributed by atoms with Crippen molar-refractivity contribution in [2.45, 2.75) is 32.2 Å². The Morgan fingerprint density at radius 2 is 2.00 bits per heavy atom. The number of aromatic nitrogens is 1. The SMILES string of the molecule is CC(c1nc2ccccc2s1)N(C)C(=O)[C@@H]1CC[C@H](C(=O)O)C1. The Morgan fingerprint density at radius 3 is 2.65 bits per heavy atom. The molecule has 122 valence electrons. The molecule has 1 aliphatic rings. The zero-order valence-electron chi connectivity index (χ0n) is 13.2. The highest BCUT2D eigenvalue weighted by molar-refractivity contribution is 7.18. The van der Waals surface area contributed by atoms with Crippen molar-refractivity contribution in [2.75, 3.05) is 7.05 Å². The second kappa shape index (κ2) is 6.28. The second-order valence-corrected chi connectivity index (χ2v) is 7.25. The first-order valence-corrected chi connectivity index (χ1v) is 8.64. The van der Waals surface area contributed by atoms with Gasteiger partial charge in [-0.1, -0.05) is 12.1 Å². The number of nitrogens with zero attached hydrogens (tertiary/aromatic N) is 2. The minimum absolute atomic E-state index is 0.0282. The van der Waals surface area contributed by atoms with E-state index in [4.69, 9.17) is 5.11 Å². The van der Waals surface area contributed by atoms with Gasteiger partial charge in [0.2, 0.25) is 5.91 Å². The average Bonchev–Trinajstić information content (AvgIpc) is 3.19. The van der Waals surface area contributed by atoms with E-state index in [-0.39, 0.29) is 23.8 Å². The summed E-state index contributed by atoms with van der Waals surface area (Å²) in [5.41, 5.74) is 0.951. The molecule has 0 radical (unpaired) electrons. The van der Waals surface area contributed by atoms with Crippen molar-refractivity contribution in [1.82, 2.24) is 9.88 Å². The smallest absolute Gasteiger partial charge is 0.306 e. The Labute approximate surface area is 138 Å². The Bertz CT molecular complexity index is 709. The number of rotatable bonds is 4. The van der Waals surface area contributed by atoms with Gasteiger partial charge in [-0.25, -0.2) is 4.98 Å². The monoisotopic (exact) mass is 332 g/mol. The predicted octanol–water partition coefficient (Wildman–Crippen LogP) is 3.32. The Morgan fingerprint density at radius 1 is 1.30 bits per heavy atom. The largest absolute Gasteiger partial charge is 0.481 e. The molecule has 1 aromatic heterocycles. The highest BCUT2D eigenvalue weighted by Gasteiger charge is 2.36. The minimum Gasteiger partial charge on any atom is -0.481 e. The standard InChI is InChI=1S/C17H20N2O3S/c1-10(15-18-13-5-3-4-6-14(13)23-15)19(2)16(20)11-7-8-12(9-11)17(21)22/h3-6,10-12H,7-9H2,1-2H3,(H,21,22)/t10?,11-,12+/m1/s1. The number of thiazole rings is 1. The minimum atomic E-state index is -0.790. The molecule has 1 aliphatic carbocycles. The van der Waals surface area contributed by atoms with E-state index in [2.05, 4.69) is 4.98 Å². The number of amides is 1. The van der Waals surface area contributed by atoms with Gasteiger partial charge in [-0.15, -0.1) is 11.3 Å². The predicted molar refractivity (Wildman–Crippen MR) is 89.3 cm³/mol. The third-order valence-corrected chi connectivity index (χ3v) is 5.93. The van der Waals surface area contributed by atoms with Crippen molar-refractivity contribution < 1.29 is 14.7 Å². The van der Waals surface area contributed by atoms with Crippen molar-refractivity contribution in [1.29, 1.82) is 0 Å². The fourth-order valence-electron chi connectivity index (χ4n) is 3.14. The van der Waals surface area contributed by atoms with E-state index in [0.717, 1.165) is 15.2 Å². The van der Waals surface area contributed by atoms with Gasteiger partial charge < -0.3 is 10.0 Å². The number of carboxylic acid groups (broad SMARTS) is 1. The lowest BCUT2D eigenvalue weighted by atomic mass is 10.0. The number of carbonyl (C=O) groups excluding carboxylic acids is 1. The summed E-state index contributed by atoms with van der Waals surface area (Å²) in [5.74, 6) is -1.32. The van der Waals surface area contributed by atoms with Gasteiger partial charge in [0, 0.05) is 13.0 Å². The molecule has 1 amide bonds. The van der Waals surface area contributed by atoms with Crippen molar-refractivity contribution in [2.24, 2.45) is 11.8 Å². The third kappa shape index (κ3) is 3.08. The van der Waals surface area contributed by atoms with Gasteiger partial charge in [0.15, 0.2) is 0 Å². The van der Waals surface area contributed by atoms with Gasteiger partial charge in [0.1, 0.15) is 5.01 Å². The van der Waals surface area contributed by atoms with Crippen molar-refractivity contribution in [3.63, 3.8) is 0 Å². The lowest BCUT2D eigenvalue weighted by molar-refractivity contribution is -0.141. The summed E-state index contributed by atoms with van der Waals surface area (Å²) < 4.78 is 1.11. The van der Waals surface area contributed by atoms with Crippen LogP contribution in [0.1, 0.15) is 37.2 Å². The molecule has 1 unspecified atom stereocenters. The number of carbonyl (C=O) groups is 2. The van der Waals surface area contributed by atoms with Gasteiger partial charge in [0.05, 0.1) is 22.2 Å². The number of hydrogen-bond acceptors (Lipinski definition) is 4. The number of benzene rings is 1. The number of hydrogen-bond donors (Lipinski definition) is 1. The van der Waals surface area contributed by atoms with Crippen LogP contribution in [0.2, 0.25) is 0 Å². The van der Waals surface area contributed by atoms with Crippen molar-refractivity contribution in [3.8, 4) is 0 Å². The molecule has 0 aliphatic heterocycles. The number of aliphatic carboxylic acids is 1. The maximum atomic E-state index is 12.7. The van der Waals surface area contributed by atoms with E-state index in [9.17, 15) is 9.59 Å². The highest BCUT2D eigenvalue weighted by atomic mass is 32.1. The molecule has 1 N–H and O–H groups in total. The van der Waals surface area contributed by atoms with Crippen LogP contribution in [-0.2, 0) is 9.59 Å². The van der Waals surface area contributed by atoms with Crippen LogP contribution in [0.5, 0.6) is 0 Å². The van der Waals surface area contributed by atoms with Gasteiger partial charge in [0.25, 0.3) is 0 Å². The normalized spacial score (nSPS) is 22.2. The number of carboxylic acids is 1. The first kappa shape index (κ1) is 15.9. The topological polar surface area (TPSA) is 70.5 Å². The first-order valence-electron chi connectivity index (χ1n) is 7.82. The van der Waals surface area contributed by atoms with Crippen LogP contribution >= 0.6 is 11.3 Å². The van der Waals surface area contributed by atoms with Gasteiger partial charge in [-0.2, -0.15) is 0 Å². The summed E-state index contributed by atoms with van der Waals surface area (Å²) in [5, 5.41) is 10.00. The van der Waals surface area contributed by atoms with E-state index in [1.54, 1.807) is 23.3 Å². The van der Waals surface area contributed by atoms with E-state index >= 15 is 0 Å². The summed E-state index contributed by atoms with van der Waals surface area (Å²) in [6, 6.07) is 7.83. The molecule has 1 heterocycles. The summed E-state index contributed by atoms with van der Waals surface area (Å²) in [7, 11) is 1.78. The molecule has 2 aromatic rings. The van der Waals surface area contributed by atoms with Crippen LogP contribution in [0, 0.1) is 11.8 Å². The van der Waals surface area contributed by atoms with E-state index in [0.29, 0.717) is 19.3 Å². The molecule has 1 saturated carbocycles. The van der Waals surface area contributed by atoms with Gasteiger partial charge in [-0.3, -0.25) is 9.59 Å². The third-order valence-electron chi connectivity index (χ3n) is 4.73. The van der Waals surface area contributed by atoms with Crippen LogP contribution in [-0.4, -0.2) is 33.9 Å².